The topological polar surface area (TPSA) is 74.8 Å². The minimum absolute atomic E-state index is 0.0123. The van der Waals surface area contributed by atoms with E-state index in [4.69, 9.17) is 0 Å². The molecule has 2 unspecified atom stereocenters. The molecule has 1 aliphatic carbocycles. The maximum absolute atomic E-state index is 14.5. The van der Waals surface area contributed by atoms with E-state index >= 15 is 0 Å². The number of benzene rings is 2. The summed E-state index contributed by atoms with van der Waals surface area (Å²) in [6.45, 7) is 3.27. The van der Waals surface area contributed by atoms with Crippen molar-refractivity contribution in [2.24, 2.45) is 5.41 Å². The molecule has 8 heteroatoms. The minimum Gasteiger partial charge on any atom is -0.376 e. The predicted octanol–water partition coefficient (Wildman–Crippen LogP) is 4.96. The monoisotopic (exact) mass is 415 g/mol. The molecular weight excluding hydrogens is 395 g/mol. The molecule has 0 spiro atoms. The summed E-state index contributed by atoms with van der Waals surface area (Å²) < 4.78 is 43.4. The number of halogens is 3. The Bertz CT molecular complexity index is 1140. The van der Waals surface area contributed by atoms with Gasteiger partial charge in [-0.2, -0.15) is 18.3 Å². The third-order valence-electron chi connectivity index (χ3n) is 6.02. The Kier molecular flexibility index (Phi) is 4.48. The molecule has 0 radical (unpaired) electrons. The van der Waals surface area contributed by atoms with E-state index in [0.29, 0.717) is 39.6 Å². The third-order valence-corrected chi connectivity index (χ3v) is 6.02. The lowest BCUT2D eigenvalue weighted by molar-refractivity contribution is -0.227. The van der Waals surface area contributed by atoms with Gasteiger partial charge in [0.1, 0.15) is 18.0 Å². The van der Waals surface area contributed by atoms with Gasteiger partial charge in [0.15, 0.2) is 0 Å². The summed E-state index contributed by atoms with van der Waals surface area (Å²) in [5.74, 6) is 0. The molecule has 0 bridgehead atoms. The largest absolute Gasteiger partial charge is 0.403 e. The number of aromatic amines is 1. The zero-order valence-electron chi connectivity index (χ0n) is 16.4. The van der Waals surface area contributed by atoms with Crippen molar-refractivity contribution in [3.63, 3.8) is 0 Å². The fourth-order valence-electron chi connectivity index (χ4n) is 4.80. The summed E-state index contributed by atoms with van der Waals surface area (Å²) in [5.41, 5.74) is -1.49. The number of aldehydes is 2. The van der Waals surface area contributed by atoms with Crippen molar-refractivity contribution in [1.29, 1.82) is 0 Å². The van der Waals surface area contributed by atoms with Crippen LogP contribution in [0.5, 0.6) is 0 Å². The van der Waals surface area contributed by atoms with E-state index in [-0.39, 0.29) is 6.29 Å². The number of rotatable bonds is 4. The van der Waals surface area contributed by atoms with Crippen molar-refractivity contribution in [3.05, 3.63) is 59.3 Å². The lowest BCUT2D eigenvalue weighted by Crippen LogP contribution is -2.54. The molecule has 4 rings (SSSR count). The van der Waals surface area contributed by atoms with Crippen molar-refractivity contribution in [2.45, 2.75) is 37.9 Å². The zero-order valence-corrected chi connectivity index (χ0v) is 16.4. The van der Waals surface area contributed by atoms with Gasteiger partial charge in [0.25, 0.3) is 0 Å². The van der Waals surface area contributed by atoms with Crippen LogP contribution in [0, 0.1) is 5.41 Å². The second-order valence-electron chi connectivity index (χ2n) is 8.36. The number of anilines is 1. The van der Waals surface area contributed by atoms with Gasteiger partial charge in [-0.15, -0.1) is 0 Å². The minimum atomic E-state index is -4.80. The number of carbonyl (C=O) groups excluding carboxylic acids is 2. The molecule has 0 fully saturated rings. The normalized spacial score (nSPS) is 23.0. The number of nitrogens with zero attached hydrogens (tertiary/aromatic N) is 1. The molecule has 2 N–H and O–H groups in total. The maximum Gasteiger partial charge on any atom is 0.403 e. The zero-order chi connectivity index (χ0) is 21.7. The SMILES string of the molecule is CC1(C)CC(C=O)(C(F)(F)F)C(Nc2cccc3[nH]ncc23)c2cccc(C=O)c21. The van der Waals surface area contributed by atoms with Crippen LogP contribution in [0.4, 0.5) is 18.9 Å². The van der Waals surface area contributed by atoms with Gasteiger partial charge in [-0.1, -0.05) is 38.1 Å². The van der Waals surface area contributed by atoms with Crippen LogP contribution in [0.15, 0.2) is 42.6 Å². The Balaban J connectivity index is 1.99. The van der Waals surface area contributed by atoms with Crippen molar-refractivity contribution in [1.82, 2.24) is 10.2 Å². The smallest absolute Gasteiger partial charge is 0.376 e. The molecule has 3 aromatic rings. The van der Waals surface area contributed by atoms with Crippen molar-refractivity contribution in [3.8, 4) is 0 Å². The quantitative estimate of drug-likeness (QED) is 0.591. The van der Waals surface area contributed by atoms with Gasteiger partial charge in [0.2, 0.25) is 0 Å². The van der Waals surface area contributed by atoms with Crippen LogP contribution >= 0.6 is 0 Å². The molecule has 0 saturated heterocycles. The highest BCUT2D eigenvalue weighted by atomic mass is 19.4. The highest BCUT2D eigenvalue weighted by molar-refractivity contribution is 5.91. The average Bonchev–Trinajstić information content (AvgIpc) is 3.18. The van der Waals surface area contributed by atoms with Gasteiger partial charge in [-0.25, -0.2) is 0 Å². The summed E-state index contributed by atoms with van der Waals surface area (Å²) in [5, 5.41) is 10.3. The molecule has 1 heterocycles. The molecule has 0 amide bonds. The summed E-state index contributed by atoms with van der Waals surface area (Å²) in [4.78, 5) is 23.8. The average molecular weight is 415 g/mol. The number of aromatic nitrogens is 2. The second-order valence-corrected chi connectivity index (χ2v) is 8.36. The molecule has 156 valence electrons. The van der Waals surface area contributed by atoms with E-state index < -0.39 is 29.5 Å². The van der Waals surface area contributed by atoms with Gasteiger partial charge in [0.05, 0.1) is 17.8 Å². The number of H-pyrrole nitrogens is 1. The van der Waals surface area contributed by atoms with Crippen molar-refractivity contribution < 1.29 is 22.8 Å². The van der Waals surface area contributed by atoms with Gasteiger partial charge < -0.3 is 10.1 Å². The van der Waals surface area contributed by atoms with Crippen LogP contribution in [0.25, 0.3) is 10.9 Å². The Hall–Kier alpha value is -3.16. The third kappa shape index (κ3) is 2.81. The van der Waals surface area contributed by atoms with E-state index in [1.54, 1.807) is 50.2 Å². The fraction of sp³-hybridized carbons (Fsp3) is 0.318. The molecule has 1 aliphatic rings. The van der Waals surface area contributed by atoms with Gasteiger partial charge in [-0.05, 0) is 35.1 Å². The molecular formula is C22H20F3N3O2. The fourth-order valence-corrected chi connectivity index (χ4v) is 4.80. The first-order valence-electron chi connectivity index (χ1n) is 9.45. The standard InChI is InChI=1S/C22H20F3N3O2/c1-20(2)11-21(12-30,22(23,24)25)19(14-6-3-5-13(10-29)18(14)20)27-16-7-4-8-17-15(16)9-26-28-17/h3-10,12,19,27H,11H2,1-2H3,(H,26,28). The van der Waals surface area contributed by atoms with Crippen LogP contribution in [0.1, 0.15) is 47.8 Å². The van der Waals surface area contributed by atoms with E-state index in [2.05, 4.69) is 15.5 Å². The summed E-state index contributed by atoms with van der Waals surface area (Å²) in [6.07, 6.45) is -3.11. The first-order valence-corrected chi connectivity index (χ1v) is 9.45. The Morgan fingerprint density at radius 1 is 1.17 bits per heavy atom. The van der Waals surface area contributed by atoms with Crippen molar-refractivity contribution >= 4 is 29.2 Å². The molecule has 30 heavy (non-hydrogen) atoms. The lowest BCUT2D eigenvalue weighted by Gasteiger charge is -2.49. The number of hydrogen-bond acceptors (Lipinski definition) is 4. The van der Waals surface area contributed by atoms with E-state index in [1.807, 2.05) is 0 Å². The van der Waals surface area contributed by atoms with Crippen LogP contribution < -0.4 is 5.32 Å². The van der Waals surface area contributed by atoms with Gasteiger partial charge in [-0.3, -0.25) is 9.89 Å². The first-order chi connectivity index (χ1) is 14.1. The Morgan fingerprint density at radius 2 is 1.90 bits per heavy atom. The molecule has 2 atom stereocenters. The van der Waals surface area contributed by atoms with Gasteiger partial charge in [0, 0.05) is 16.6 Å². The highest BCUT2D eigenvalue weighted by Gasteiger charge is 2.65. The number of alkyl halides is 3. The predicted molar refractivity (Wildman–Crippen MR) is 106 cm³/mol. The number of fused-ring (bicyclic) bond motifs is 2. The van der Waals surface area contributed by atoms with E-state index in [9.17, 15) is 22.8 Å². The first kappa shape index (κ1) is 20.1. The second kappa shape index (κ2) is 6.68. The maximum atomic E-state index is 14.5. The summed E-state index contributed by atoms with van der Waals surface area (Å²) >= 11 is 0. The summed E-state index contributed by atoms with van der Waals surface area (Å²) in [6, 6.07) is 8.37. The lowest BCUT2D eigenvalue weighted by atomic mass is 9.57. The highest BCUT2D eigenvalue weighted by Crippen LogP contribution is 2.59. The van der Waals surface area contributed by atoms with Crippen molar-refractivity contribution in [2.75, 3.05) is 5.32 Å². The molecule has 0 saturated carbocycles. The molecule has 2 aromatic carbocycles. The molecule has 0 aliphatic heterocycles. The molecule has 1 aromatic heterocycles. The van der Waals surface area contributed by atoms with E-state index in [0.717, 1.165) is 0 Å². The van der Waals surface area contributed by atoms with Gasteiger partial charge >= 0.3 is 6.18 Å². The van der Waals surface area contributed by atoms with Crippen LogP contribution in [0.2, 0.25) is 0 Å². The molecule has 5 nitrogen and oxygen atoms in total. The van der Waals surface area contributed by atoms with E-state index in [1.165, 1.54) is 6.20 Å². The number of hydrogen-bond donors (Lipinski definition) is 2. The van der Waals surface area contributed by atoms with Crippen LogP contribution in [-0.2, 0) is 10.2 Å². The Labute approximate surface area is 170 Å². The summed E-state index contributed by atoms with van der Waals surface area (Å²) in [7, 11) is 0. The Morgan fingerprint density at radius 3 is 2.57 bits per heavy atom. The van der Waals surface area contributed by atoms with Crippen LogP contribution in [-0.4, -0.2) is 28.9 Å². The number of nitrogens with one attached hydrogen (secondary N) is 2. The number of carbonyl (C=O) groups is 2. The van der Waals surface area contributed by atoms with Crippen LogP contribution in [0.3, 0.4) is 0 Å².